The van der Waals surface area contributed by atoms with Crippen molar-refractivity contribution in [2.75, 3.05) is 13.1 Å². The highest BCUT2D eigenvalue weighted by molar-refractivity contribution is 4.63. The number of rotatable bonds is 9. The van der Waals surface area contributed by atoms with Crippen molar-refractivity contribution in [3.63, 3.8) is 0 Å². The molecule has 0 amide bonds. The summed E-state index contributed by atoms with van der Waals surface area (Å²) in [4.78, 5) is 0. The van der Waals surface area contributed by atoms with Crippen molar-refractivity contribution in [3.05, 3.63) is 0 Å². The van der Waals surface area contributed by atoms with Crippen LogP contribution in [0.3, 0.4) is 0 Å². The van der Waals surface area contributed by atoms with Crippen molar-refractivity contribution in [2.45, 2.75) is 122 Å². The minimum Gasteiger partial charge on any atom is -0.317 e. The predicted molar refractivity (Wildman–Crippen MR) is 105 cm³/mol. The third-order valence-corrected chi connectivity index (χ3v) is 5.65. The average Bonchev–Trinajstić information content (AvgIpc) is 2.59. The molecule has 0 saturated carbocycles. The minimum absolute atomic E-state index is 1.05. The van der Waals surface area contributed by atoms with E-state index in [-0.39, 0.29) is 0 Å². The molecule has 1 fully saturated rings. The maximum Gasteiger partial charge on any atom is -0.00489 e. The first-order valence-corrected chi connectivity index (χ1v) is 11.1. The number of unbranched alkanes of at least 4 members (excludes halogenated alkanes) is 7. The van der Waals surface area contributed by atoms with Crippen LogP contribution in [0.4, 0.5) is 0 Å². The topological polar surface area (TPSA) is 12.0 Å². The molecule has 0 radical (unpaired) electrons. The van der Waals surface area contributed by atoms with Gasteiger partial charge in [-0.2, -0.15) is 0 Å². The van der Waals surface area contributed by atoms with Crippen molar-refractivity contribution in [1.82, 2.24) is 5.32 Å². The van der Waals surface area contributed by atoms with Crippen LogP contribution < -0.4 is 5.32 Å². The van der Waals surface area contributed by atoms with Crippen LogP contribution in [0.5, 0.6) is 0 Å². The zero-order valence-electron chi connectivity index (χ0n) is 16.2. The molecule has 1 nitrogen and oxygen atoms in total. The van der Waals surface area contributed by atoms with Crippen molar-refractivity contribution in [3.8, 4) is 0 Å². The lowest BCUT2D eigenvalue weighted by molar-refractivity contribution is 0.369. The van der Waals surface area contributed by atoms with E-state index in [1.165, 1.54) is 129 Å². The van der Waals surface area contributed by atoms with Crippen LogP contribution in [0, 0.1) is 5.92 Å². The summed E-state index contributed by atoms with van der Waals surface area (Å²) in [6, 6.07) is 0. The van der Waals surface area contributed by atoms with Gasteiger partial charge in [-0.1, -0.05) is 110 Å². The zero-order chi connectivity index (χ0) is 16.4. The Morgan fingerprint density at radius 1 is 0.609 bits per heavy atom. The van der Waals surface area contributed by atoms with Crippen molar-refractivity contribution in [2.24, 2.45) is 5.92 Å². The Labute approximate surface area is 147 Å². The van der Waals surface area contributed by atoms with Gasteiger partial charge in [0.05, 0.1) is 0 Å². The summed E-state index contributed by atoms with van der Waals surface area (Å²) in [5.41, 5.74) is 0. The number of hydrogen-bond donors (Lipinski definition) is 1. The highest BCUT2D eigenvalue weighted by Crippen LogP contribution is 2.24. The van der Waals surface area contributed by atoms with E-state index in [4.69, 9.17) is 0 Å². The van der Waals surface area contributed by atoms with Crippen LogP contribution in [0.2, 0.25) is 0 Å². The molecule has 1 aliphatic rings. The van der Waals surface area contributed by atoms with Gasteiger partial charge in [0.2, 0.25) is 0 Å². The second-order valence-corrected chi connectivity index (χ2v) is 7.93. The smallest absolute Gasteiger partial charge is 0.00489 e. The highest BCUT2D eigenvalue weighted by Gasteiger charge is 2.09. The Balaban J connectivity index is 2.05. The fourth-order valence-corrected chi connectivity index (χ4v) is 4.02. The van der Waals surface area contributed by atoms with E-state index < -0.39 is 0 Å². The van der Waals surface area contributed by atoms with E-state index in [2.05, 4.69) is 12.2 Å². The molecule has 1 aliphatic heterocycles. The molecule has 0 aromatic carbocycles. The first-order chi connectivity index (χ1) is 11.4. The molecule has 1 heteroatoms. The number of hydrogen-bond acceptors (Lipinski definition) is 1. The molecule has 23 heavy (non-hydrogen) atoms. The lowest BCUT2D eigenvalue weighted by atomic mass is 9.90. The maximum atomic E-state index is 3.60. The Morgan fingerprint density at radius 2 is 1.13 bits per heavy atom. The Kier molecular flexibility index (Phi) is 15.3. The van der Waals surface area contributed by atoms with Gasteiger partial charge in [-0.3, -0.25) is 0 Å². The quantitative estimate of drug-likeness (QED) is 0.441. The molecule has 0 bridgehead atoms. The minimum atomic E-state index is 1.05. The Hall–Kier alpha value is -0.0400. The summed E-state index contributed by atoms with van der Waals surface area (Å²) in [6.07, 6.45) is 26.4. The van der Waals surface area contributed by atoms with Crippen LogP contribution in [0.1, 0.15) is 122 Å². The van der Waals surface area contributed by atoms with E-state index in [1.54, 1.807) is 0 Å². The largest absolute Gasteiger partial charge is 0.317 e. The zero-order valence-corrected chi connectivity index (χ0v) is 16.2. The summed E-state index contributed by atoms with van der Waals surface area (Å²) in [5.74, 6) is 1.05. The van der Waals surface area contributed by atoms with Crippen LogP contribution in [-0.4, -0.2) is 13.1 Å². The van der Waals surface area contributed by atoms with Crippen LogP contribution in [-0.2, 0) is 0 Å². The van der Waals surface area contributed by atoms with E-state index in [0.29, 0.717) is 0 Å². The van der Waals surface area contributed by atoms with Crippen molar-refractivity contribution in [1.29, 1.82) is 0 Å². The summed E-state index contributed by atoms with van der Waals surface area (Å²) in [7, 11) is 0. The van der Waals surface area contributed by atoms with Gasteiger partial charge in [-0.05, 0) is 31.8 Å². The highest BCUT2D eigenvalue weighted by atomic mass is 14.8. The lowest BCUT2D eigenvalue weighted by Gasteiger charge is -2.16. The standard InChI is InChI=1S/C22H45N/c1-2-3-4-5-6-7-8-12-17-22-18-13-9-10-15-20-23-21-16-11-14-19-22/h22-23H,2-21H2,1H3. The first-order valence-electron chi connectivity index (χ1n) is 11.1. The van der Waals surface area contributed by atoms with Crippen LogP contribution in [0.25, 0.3) is 0 Å². The molecular formula is C22H45N. The molecule has 1 heterocycles. The molecular weight excluding hydrogens is 278 g/mol. The van der Waals surface area contributed by atoms with Gasteiger partial charge in [-0.15, -0.1) is 0 Å². The predicted octanol–water partition coefficient (Wildman–Crippen LogP) is 7.25. The molecule has 0 aromatic rings. The van der Waals surface area contributed by atoms with Gasteiger partial charge in [0.15, 0.2) is 0 Å². The maximum absolute atomic E-state index is 3.60. The Morgan fingerprint density at radius 3 is 1.78 bits per heavy atom. The van der Waals surface area contributed by atoms with Crippen LogP contribution >= 0.6 is 0 Å². The molecule has 1 atom stereocenters. The molecule has 1 saturated heterocycles. The number of nitrogens with one attached hydrogen (secondary N) is 1. The van der Waals surface area contributed by atoms with Gasteiger partial charge < -0.3 is 5.32 Å². The fraction of sp³-hybridized carbons (Fsp3) is 1.00. The van der Waals surface area contributed by atoms with Gasteiger partial charge in [0.25, 0.3) is 0 Å². The lowest BCUT2D eigenvalue weighted by Crippen LogP contribution is -2.16. The molecule has 1 N–H and O–H groups in total. The van der Waals surface area contributed by atoms with E-state index in [0.717, 1.165) is 5.92 Å². The first kappa shape index (κ1) is 21.0. The van der Waals surface area contributed by atoms with Gasteiger partial charge in [0, 0.05) is 0 Å². The van der Waals surface area contributed by atoms with Crippen molar-refractivity contribution >= 4 is 0 Å². The summed E-state index contributed by atoms with van der Waals surface area (Å²) in [5, 5.41) is 3.60. The van der Waals surface area contributed by atoms with E-state index in [1.807, 2.05) is 0 Å². The average molecular weight is 324 g/mol. The Bertz CT molecular complexity index is 212. The fourth-order valence-electron chi connectivity index (χ4n) is 4.02. The van der Waals surface area contributed by atoms with Crippen molar-refractivity contribution < 1.29 is 0 Å². The molecule has 0 aromatic heterocycles. The summed E-state index contributed by atoms with van der Waals surface area (Å²) >= 11 is 0. The molecule has 138 valence electrons. The van der Waals surface area contributed by atoms with Gasteiger partial charge >= 0.3 is 0 Å². The second-order valence-electron chi connectivity index (χ2n) is 7.93. The molecule has 0 aliphatic carbocycles. The third-order valence-electron chi connectivity index (χ3n) is 5.65. The SMILES string of the molecule is CCCCCCCCCCC1CCCCCCNCCCCC1. The van der Waals surface area contributed by atoms with Crippen LogP contribution in [0.15, 0.2) is 0 Å². The monoisotopic (exact) mass is 323 g/mol. The van der Waals surface area contributed by atoms with Gasteiger partial charge in [-0.25, -0.2) is 0 Å². The van der Waals surface area contributed by atoms with E-state index >= 15 is 0 Å². The third kappa shape index (κ3) is 14.0. The van der Waals surface area contributed by atoms with Gasteiger partial charge in [0.1, 0.15) is 0 Å². The molecule has 1 rings (SSSR count). The normalized spacial score (nSPS) is 22.0. The summed E-state index contributed by atoms with van der Waals surface area (Å²) < 4.78 is 0. The second kappa shape index (κ2) is 16.8. The van der Waals surface area contributed by atoms with E-state index in [9.17, 15) is 0 Å². The summed E-state index contributed by atoms with van der Waals surface area (Å²) in [6.45, 7) is 4.81. The molecule has 0 spiro atoms. The molecule has 1 unspecified atom stereocenters.